The molecule has 2 rings (SSSR count). The molecule has 7 heteroatoms. The minimum Gasteiger partial charge on any atom is -0.478 e. The SMILES string of the molecule is CC(=O)Nc1ccc(Nc2snc(C)c2C(=O)O)cc1. The van der Waals surface area contributed by atoms with Crippen LogP contribution in [0.25, 0.3) is 0 Å². The highest BCUT2D eigenvalue weighted by molar-refractivity contribution is 7.10. The second-order valence-corrected chi connectivity index (χ2v) is 4.93. The fraction of sp³-hybridized carbons (Fsp3) is 0.154. The van der Waals surface area contributed by atoms with Crippen molar-refractivity contribution in [1.29, 1.82) is 0 Å². The Kier molecular flexibility index (Phi) is 3.99. The zero-order valence-electron chi connectivity index (χ0n) is 10.9. The van der Waals surface area contributed by atoms with Gasteiger partial charge >= 0.3 is 5.97 Å². The van der Waals surface area contributed by atoms with Gasteiger partial charge in [-0.2, -0.15) is 4.37 Å². The Morgan fingerprint density at radius 2 is 1.80 bits per heavy atom. The van der Waals surface area contributed by atoms with Crippen molar-refractivity contribution in [2.24, 2.45) is 0 Å². The highest BCUT2D eigenvalue weighted by atomic mass is 32.1. The molecule has 0 aliphatic carbocycles. The maximum absolute atomic E-state index is 11.1. The van der Waals surface area contributed by atoms with Crippen molar-refractivity contribution in [3.8, 4) is 0 Å². The largest absolute Gasteiger partial charge is 0.478 e. The summed E-state index contributed by atoms with van der Waals surface area (Å²) in [5.41, 5.74) is 2.08. The number of carbonyl (C=O) groups excluding carboxylic acids is 1. The Labute approximate surface area is 119 Å². The van der Waals surface area contributed by atoms with Crippen molar-refractivity contribution in [1.82, 2.24) is 4.37 Å². The fourth-order valence-corrected chi connectivity index (χ4v) is 2.49. The molecule has 1 aromatic heterocycles. The number of amides is 1. The van der Waals surface area contributed by atoms with Crippen LogP contribution in [-0.2, 0) is 4.79 Å². The normalized spacial score (nSPS) is 10.1. The first-order valence-corrected chi connectivity index (χ1v) is 6.59. The van der Waals surface area contributed by atoms with Crippen LogP contribution in [-0.4, -0.2) is 21.4 Å². The number of benzene rings is 1. The molecule has 20 heavy (non-hydrogen) atoms. The van der Waals surface area contributed by atoms with Gasteiger partial charge in [0.1, 0.15) is 10.6 Å². The van der Waals surface area contributed by atoms with Crippen LogP contribution in [0.15, 0.2) is 24.3 Å². The average Bonchev–Trinajstić information content (AvgIpc) is 2.72. The van der Waals surface area contributed by atoms with E-state index in [1.54, 1.807) is 31.2 Å². The quantitative estimate of drug-likeness (QED) is 0.805. The summed E-state index contributed by atoms with van der Waals surface area (Å²) in [6, 6.07) is 6.98. The Balaban J connectivity index is 2.18. The van der Waals surface area contributed by atoms with Gasteiger partial charge in [-0.05, 0) is 42.7 Å². The summed E-state index contributed by atoms with van der Waals surface area (Å²) in [5.74, 6) is -1.15. The highest BCUT2D eigenvalue weighted by Crippen LogP contribution is 2.28. The van der Waals surface area contributed by atoms with Crippen LogP contribution in [0.4, 0.5) is 16.4 Å². The number of rotatable bonds is 4. The van der Waals surface area contributed by atoms with E-state index in [9.17, 15) is 9.59 Å². The van der Waals surface area contributed by atoms with Gasteiger partial charge < -0.3 is 15.7 Å². The summed E-state index contributed by atoms with van der Waals surface area (Å²) < 4.78 is 4.03. The Morgan fingerprint density at radius 3 is 2.35 bits per heavy atom. The molecular weight excluding hydrogens is 278 g/mol. The van der Waals surface area contributed by atoms with Crippen molar-refractivity contribution < 1.29 is 14.7 Å². The monoisotopic (exact) mass is 291 g/mol. The third-order valence-corrected chi connectivity index (χ3v) is 3.39. The van der Waals surface area contributed by atoms with E-state index in [1.165, 1.54) is 6.92 Å². The third-order valence-electron chi connectivity index (χ3n) is 2.54. The molecule has 1 heterocycles. The maximum Gasteiger partial charge on any atom is 0.340 e. The van der Waals surface area contributed by atoms with Gasteiger partial charge in [0.2, 0.25) is 5.91 Å². The number of carbonyl (C=O) groups is 2. The molecule has 1 amide bonds. The van der Waals surface area contributed by atoms with Crippen LogP contribution in [0.2, 0.25) is 0 Å². The molecule has 6 nitrogen and oxygen atoms in total. The molecule has 0 aliphatic heterocycles. The topological polar surface area (TPSA) is 91.3 Å². The van der Waals surface area contributed by atoms with Crippen molar-refractivity contribution in [2.75, 3.05) is 10.6 Å². The fourth-order valence-electron chi connectivity index (χ4n) is 1.68. The molecule has 1 aromatic carbocycles. The van der Waals surface area contributed by atoms with Crippen LogP contribution in [0.3, 0.4) is 0 Å². The van der Waals surface area contributed by atoms with Crippen LogP contribution in [0.1, 0.15) is 23.0 Å². The Bertz CT molecular complexity index is 649. The van der Waals surface area contributed by atoms with Gasteiger partial charge in [-0.25, -0.2) is 4.79 Å². The first-order valence-electron chi connectivity index (χ1n) is 5.81. The van der Waals surface area contributed by atoms with E-state index in [2.05, 4.69) is 15.0 Å². The lowest BCUT2D eigenvalue weighted by atomic mass is 10.2. The molecule has 0 atom stereocenters. The first kappa shape index (κ1) is 14.0. The first-order chi connectivity index (χ1) is 9.47. The molecular formula is C13H13N3O3S. The number of carboxylic acids is 1. The van der Waals surface area contributed by atoms with Gasteiger partial charge in [-0.3, -0.25) is 4.79 Å². The van der Waals surface area contributed by atoms with Gasteiger partial charge in [0.05, 0.1) is 5.69 Å². The zero-order chi connectivity index (χ0) is 14.7. The lowest BCUT2D eigenvalue weighted by Crippen LogP contribution is -2.05. The van der Waals surface area contributed by atoms with Crippen molar-refractivity contribution in [3.05, 3.63) is 35.5 Å². The molecule has 0 fully saturated rings. The van der Waals surface area contributed by atoms with E-state index in [4.69, 9.17) is 5.11 Å². The van der Waals surface area contributed by atoms with E-state index in [0.717, 1.165) is 17.2 Å². The van der Waals surface area contributed by atoms with E-state index >= 15 is 0 Å². The number of aromatic nitrogens is 1. The van der Waals surface area contributed by atoms with Crippen LogP contribution in [0.5, 0.6) is 0 Å². The zero-order valence-corrected chi connectivity index (χ0v) is 11.7. The summed E-state index contributed by atoms with van der Waals surface area (Å²) in [6.07, 6.45) is 0. The summed E-state index contributed by atoms with van der Waals surface area (Å²) in [4.78, 5) is 22.1. The average molecular weight is 291 g/mol. The van der Waals surface area contributed by atoms with Crippen LogP contribution >= 0.6 is 11.5 Å². The summed E-state index contributed by atoms with van der Waals surface area (Å²) in [6.45, 7) is 3.09. The molecule has 0 radical (unpaired) electrons. The molecule has 0 spiro atoms. The predicted molar refractivity (Wildman–Crippen MR) is 77.8 cm³/mol. The van der Waals surface area contributed by atoms with E-state index < -0.39 is 5.97 Å². The number of nitrogens with one attached hydrogen (secondary N) is 2. The second kappa shape index (κ2) is 5.70. The van der Waals surface area contributed by atoms with Crippen molar-refractivity contribution in [3.63, 3.8) is 0 Å². The molecule has 0 saturated carbocycles. The molecule has 0 bridgehead atoms. The number of hydrogen-bond acceptors (Lipinski definition) is 5. The van der Waals surface area contributed by atoms with Crippen molar-refractivity contribution in [2.45, 2.75) is 13.8 Å². The summed E-state index contributed by atoms with van der Waals surface area (Å²) in [5, 5.41) is 15.3. The number of aryl methyl sites for hydroxylation is 1. The van der Waals surface area contributed by atoms with E-state index in [0.29, 0.717) is 16.4 Å². The van der Waals surface area contributed by atoms with Gasteiger partial charge in [-0.15, -0.1) is 0 Å². The molecule has 3 N–H and O–H groups in total. The molecule has 0 aliphatic rings. The number of aromatic carboxylic acids is 1. The van der Waals surface area contributed by atoms with Gasteiger partial charge in [0, 0.05) is 18.3 Å². The minimum atomic E-state index is -1.01. The van der Waals surface area contributed by atoms with E-state index in [-0.39, 0.29) is 11.5 Å². The summed E-state index contributed by atoms with van der Waals surface area (Å²) >= 11 is 1.10. The smallest absolute Gasteiger partial charge is 0.340 e. The number of hydrogen-bond donors (Lipinski definition) is 3. The number of carboxylic acid groups (broad SMARTS) is 1. The van der Waals surface area contributed by atoms with Crippen LogP contribution < -0.4 is 10.6 Å². The van der Waals surface area contributed by atoms with Crippen LogP contribution in [0, 0.1) is 6.92 Å². The number of anilines is 3. The second-order valence-electron chi connectivity index (χ2n) is 4.16. The lowest BCUT2D eigenvalue weighted by Gasteiger charge is -2.06. The summed E-state index contributed by atoms with van der Waals surface area (Å²) in [7, 11) is 0. The molecule has 2 aromatic rings. The van der Waals surface area contributed by atoms with Gasteiger partial charge in [0.15, 0.2) is 0 Å². The predicted octanol–water partition coefficient (Wildman–Crippen LogP) is 2.85. The van der Waals surface area contributed by atoms with E-state index in [1.807, 2.05) is 0 Å². The molecule has 0 saturated heterocycles. The highest BCUT2D eigenvalue weighted by Gasteiger charge is 2.17. The maximum atomic E-state index is 11.1. The van der Waals surface area contributed by atoms with Crippen molar-refractivity contribution >= 4 is 39.8 Å². The molecule has 104 valence electrons. The third kappa shape index (κ3) is 3.12. The standard InChI is InChI=1S/C13H13N3O3S/c1-7-11(13(18)19)12(20-16-7)15-10-5-3-9(4-6-10)14-8(2)17/h3-6,15H,1-2H3,(H,14,17)(H,18,19). The molecule has 0 unspecified atom stereocenters. The number of nitrogens with zero attached hydrogens (tertiary/aromatic N) is 1. The minimum absolute atomic E-state index is 0.142. The Hall–Kier alpha value is -2.41. The lowest BCUT2D eigenvalue weighted by molar-refractivity contribution is -0.114. The Morgan fingerprint density at radius 1 is 1.20 bits per heavy atom. The van der Waals surface area contributed by atoms with Gasteiger partial charge in [-0.1, -0.05) is 0 Å². The van der Waals surface area contributed by atoms with Gasteiger partial charge in [0.25, 0.3) is 0 Å².